The lowest BCUT2D eigenvalue weighted by Crippen LogP contribution is -2.49. The molecule has 4 heterocycles. The van der Waals surface area contributed by atoms with Gasteiger partial charge >= 0.3 is 6.18 Å². The van der Waals surface area contributed by atoms with E-state index in [-0.39, 0.29) is 40.4 Å². The first-order valence-corrected chi connectivity index (χ1v) is 13.1. The van der Waals surface area contributed by atoms with Crippen LogP contribution >= 0.6 is 22.9 Å². The molecule has 212 valence electrons. The Morgan fingerprint density at radius 3 is 2.50 bits per heavy atom. The van der Waals surface area contributed by atoms with Crippen LogP contribution < -0.4 is 10.2 Å². The van der Waals surface area contributed by atoms with Gasteiger partial charge in [-0.1, -0.05) is 18.5 Å². The van der Waals surface area contributed by atoms with Crippen molar-refractivity contribution in [2.45, 2.75) is 25.4 Å². The molecule has 11 nitrogen and oxygen atoms in total. The number of pyridine rings is 1. The summed E-state index contributed by atoms with van der Waals surface area (Å²) in [5.41, 5.74) is -0.918. The number of hydrogen-bond donors (Lipinski definition) is 2. The van der Waals surface area contributed by atoms with Crippen LogP contribution in [0.1, 0.15) is 50.0 Å². The first-order valence-electron chi connectivity index (χ1n) is 11.9. The van der Waals surface area contributed by atoms with Gasteiger partial charge in [0.05, 0.1) is 21.8 Å². The van der Waals surface area contributed by atoms with Gasteiger partial charge in [-0.2, -0.15) is 13.2 Å². The third kappa shape index (κ3) is 6.89. The summed E-state index contributed by atoms with van der Waals surface area (Å²) in [7, 11) is 0. The number of alkyl halides is 3. The van der Waals surface area contributed by atoms with Gasteiger partial charge in [0.1, 0.15) is 35.1 Å². The average molecular weight is 598 g/mol. The van der Waals surface area contributed by atoms with Crippen molar-refractivity contribution in [3.05, 3.63) is 57.0 Å². The number of ketones is 1. The number of aliphatic hydroxyl groups is 1. The van der Waals surface area contributed by atoms with Crippen LogP contribution in [0.4, 0.5) is 24.8 Å². The SMILES string of the molecule is C[C@@H](CC(=O)c1cc(N2CCN(C(=O)CO)CC2)ncn1)c1ncc(C(=O)Nc2cc(C(F)(F)F)c(Cl)cn2)s1. The Bertz CT molecular complexity index is 1410. The number of carbonyl (C=O) groups is 3. The Morgan fingerprint density at radius 1 is 1.10 bits per heavy atom. The molecular formula is C24H23ClF3N7O4S. The molecule has 0 spiro atoms. The minimum atomic E-state index is -4.71. The summed E-state index contributed by atoms with van der Waals surface area (Å²) in [4.78, 5) is 57.1. The Hall–Kier alpha value is -3.69. The summed E-state index contributed by atoms with van der Waals surface area (Å²) < 4.78 is 39.3. The van der Waals surface area contributed by atoms with Crippen molar-refractivity contribution in [2.24, 2.45) is 0 Å². The number of amides is 2. The minimum Gasteiger partial charge on any atom is -0.387 e. The van der Waals surface area contributed by atoms with Gasteiger partial charge in [-0.3, -0.25) is 14.4 Å². The van der Waals surface area contributed by atoms with Gasteiger partial charge < -0.3 is 20.2 Å². The summed E-state index contributed by atoms with van der Waals surface area (Å²) in [6.45, 7) is 3.02. The van der Waals surface area contributed by atoms with Crippen molar-refractivity contribution in [1.82, 2.24) is 24.8 Å². The minimum absolute atomic E-state index is 0.0392. The number of aromatic nitrogens is 4. The number of rotatable bonds is 8. The Labute approximate surface area is 235 Å². The number of nitrogens with zero attached hydrogens (tertiary/aromatic N) is 6. The molecule has 40 heavy (non-hydrogen) atoms. The molecule has 16 heteroatoms. The first-order chi connectivity index (χ1) is 19.0. The maximum Gasteiger partial charge on any atom is 0.418 e. The fraction of sp³-hybridized carbons (Fsp3) is 0.375. The lowest BCUT2D eigenvalue weighted by Gasteiger charge is -2.35. The lowest BCUT2D eigenvalue weighted by atomic mass is 10.0. The summed E-state index contributed by atoms with van der Waals surface area (Å²) in [5.74, 6) is -1.47. The number of aliphatic hydroxyl groups excluding tert-OH is 1. The number of Topliss-reactive ketones (excluding diaryl/α,β-unsaturated/α-hetero) is 1. The number of hydrogen-bond acceptors (Lipinski definition) is 10. The Balaban J connectivity index is 1.37. The monoisotopic (exact) mass is 597 g/mol. The molecular weight excluding hydrogens is 575 g/mol. The van der Waals surface area contributed by atoms with Crippen LogP contribution in [0.3, 0.4) is 0 Å². The molecule has 0 unspecified atom stereocenters. The molecule has 0 bridgehead atoms. The van der Waals surface area contributed by atoms with Gasteiger partial charge in [-0.25, -0.2) is 19.9 Å². The van der Waals surface area contributed by atoms with Gasteiger partial charge in [0, 0.05) is 50.8 Å². The van der Waals surface area contributed by atoms with E-state index in [1.165, 1.54) is 12.5 Å². The summed E-state index contributed by atoms with van der Waals surface area (Å²) in [6.07, 6.45) is -1.29. The van der Waals surface area contributed by atoms with Gasteiger partial charge in [0.2, 0.25) is 5.91 Å². The third-order valence-electron chi connectivity index (χ3n) is 6.09. The van der Waals surface area contributed by atoms with Crippen molar-refractivity contribution in [3.63, 3.8) is 0 Å². The lowest BCUT2D eigenvalue weighted by molar-refractivity contribution is -0.137. The van der Waals surface area contributed by atoms with E-state index in [0.717, 1.165) is 17.5 Å². The number of carbonyl (C=O) groups excluding carboxylic acids is 3. The molecule has 1 aliphatic rings. The third-order valence-corrected chi connectivity index (χ3v) is 7.62. The van der Waals surface area contributed by atoms with Gasteiger partial charge in [-0.05, 0) is 6.07 Å². The molecule has 0 aliphatic carbocycles. The maximum atomic E-state index is 13.1. The molecule has 3 aromatic heterocycles. The molecule has 2 amide bonds. The second kappa shape index (κ2) is 12.2. The Kier molecular flexibility index (Phi) is 8.95. The zero-order chi connectivity index (χ0) is 29.0. The smallest absolute Gasteiger partial charge is 0.387 e. The Morgan fingerprint density at radius 2 is 1.82 bits per heavy atom. The van der Waals surface area contributed by atoms with Crippen molar-refractivity contribution in [2.75, 3.05) is 43.0 Å². The zero-order valence-electron chi connectivity index (χ0n) is 21.0. The van der Waals surface area contributed by atoms with E-state index in [4.69, 9.17) is 16.7 Å². The molecule has 1 saturated heterocycles. The molecule has 0 aromatic carbocycles. The quantitative estimate of drug-likeness (QED) is 0.374. The normalized spacial score (nSPS) is 14.7. The number of thiazole rings is 1. The highest BCUT2D eigenvalue weighted by Crippen LogP contribution is 2.35. The number of halogens is 4. The van der Waals surface area contributed by atoms with Crippen molar-refractivity contribution < 1.29 is 32.7 Å². The van der Waals surface area contributed by atoms with Crippen LogP contribution in [0.5, 0.6) is 0 Å². The van der Waals surface area contributed by atoms with Gasteiger partial charge in [0.15, 0.2) is 5.78 Å². The van der Waals surface area contributed by atoms with Crippen molar-refractivity contribution in [1.29, 1.82) is 0 Å². The summed E-state index contributed by atoms with van der Waals surface area (Å²) >= 11 is 6.57. The van der Waals surface area contributed by atoms with E-state index >= 15 is 0 Å². The topological polar surface area (TPSA) is 142 Å². The van der Waals surface area contributed by atoms with Crippen LogP contribution in [-0.2, 0) is 11.0 Å². The largest absolute Gasteiger partial charge is 0.418 e. The van der Waals surface area contributed by atoms with Gasteiger partial charge in [-0.15, -0.1) is 11.3 Å². The highest BCUT2D eigenvalue weighted by Gasteiger charge is 2.34. The van der Waals surface area contributed by atoms with Crippen LogP contribution in [0.2, 0.25) is 5.02 Å². The molecule has 0 radical (unpaired) electrons. The fourth-order valence-corrected chi connectivity index (χ4v) is 5.02. The van der Waals surface area contributed by atoms with Crippen molar-refractivity contribution >= 4 is 52.2 Å². The summed E-state index contributed by atoms with van der Waals surface area (Å²) in [5, 5.41) is 11.2. The number of piperazine rings is 1. The van der Waals surface area contributed by atoms with E-state index in [1.54, 1.807) is 17.9 Å². The molecule has 1 aliphatic heterocycles. The first kappa shape index (κ1) is 29.3. The van der Waals surface area contributed by atoms with Crippen LogP contribution in [-0.4, -0.2) is 80.3 Å². The van der Waals surface area contributed by atoms with E-state index in [0.29, 0.717) is 43.1 Å². The second-order valence-corrected chi connectivity index (χ2v) is 10.3. The maximum absolute atomic E-state index is 13.1. The predicted octanol–water partition coefficient (Wildman–Crippen LogP) is 3.27. The molecule has 0 saturated carbocycles. The van der Waals surface area contributed by atoms with Crippen molar-refractivity contribution in [3.8, 4) is 0 Å². The molecule has 3 aromatic rings. The molecule has 1 fully saturated rings. The highest BCUT2D eigenvalue weighted by atomic mass is 35.5. The second-order valence-electron chi connectivity index (χ2n) is 8.88. The van der Waals surface area contributed by atoms with E-state index < -0.39 is 29.3 Å². The predicted molar refractivity (Wildman–Crippen MR) is 140 cm³/mol. The zero-order valence-corrected chi connectivity index (χ0v) is 22.6. The van der Waals surface area contributed by atoms with Gasteiger partial charge in [0.25, 0.3) is 5.91 Å². The molecule has 4 rings (SSSR count). The fourth-order valence-electron chi connectivity index (χ4n) is 3.95. The standard InChI is InChI=1S/C24H23ClF3N7O4S/c1-13(6-17(37)16-8-20(32-12-31-16)34-2-4-35(5-3-34)21(38)11-36)23-30-10-18(40-23)22(39)33-19-7-14(24(26,27)28)15(25)9-29-19/h7-10,12-13,36H,2-6,11H2,1H3,(H,29,33,39)/t13-/m0/s1. The summed E-state index contributed by atoms with van der Waals surface area (Å²) in [6, 6.07) is 2.22. The number of anilines is 2. The molecule has 2 N–H and O–H groups in total. The van der Waals surface area contributed by atoms with E-state index in [9.17, 15) is 27.6 Å². The van der Waals surface area contributed by atoms with Crippen LogP contribution in [0.15, 0.2) is 30.9 Å². The highest BCUT2D eigenvalue weighted by molar-refractivity contribution is 7.13. The average Bonchev–Trinajstić information content (AvgIpc) is 3.44. The molecule has 1 atom stereocenters. The van der Waals surface area contributed by atoms with Crippen LogP contribution in [0, 0.1) is 0 Å². The number of nitrogens with one attached hydrogen (secondary N) is 1. The van der Waals surface area contributed by atoms with E-state index in [2.05, 4.69) is 25.3 Å². The van der Waals surface area contributed by atoms with E-state index in [1.807, 2.05) is 4.90 Å². The van der Waals surface area contributed by atoms with Crippen LogP contribution in [0.25, 0.3) is 0 Å².